The second kappa shape index (κ2) is 4.16. The van der Waals surface area contributed by atoms with Gasteiger partial charge in [-0.2, -0.15) is 0 Å². The normalized spacial score (nSPS) is 29.5. The lowest BCUT2D eigenvalue weighted by atomic mass is 9.57. The Balaban J connectivity index is 1.93. The predicted octanol–water partition coefficient (Wildman–Crippen LogP) is 2.56. The lowest BCUT2D eigenvalue weighted by molar-refractivity contribution is -0.174. The first-order chi connectivity index (χ1) is 7.15. The van der Waals surface area contributed by atoms with Crippen molar-refractivity contribution in [2.75, 3.05) is 6.61 Å². The SMILES string of the molecule is O=C1CC(OCC(F)F)C12CCCCC2. The number of carbonyl (C=O) groups excluding carboxylic acids is 1. The molecule has 1 atom stereocenters. The van der Waals surface area contributed by atoms with Gasteiger partial charge in [0, 0.05) is 6.42 Å². The van der Waals surface area contributed by atoms with E-state index in [-0.39, 0.29) is 17.3 Å². The summed E-state index contributed by atoms with van der Waals surface area (Å²) >= 11 is 0. The third-order valence-electron chi connectivity index (χ3n) is 3.71. The van der Waals surface area contributed by atoms with Crippen LogP contribution >= 0.6 is 0 Å². The molecule has 1 spiro atoms. The van der Waals surface area contributed by atoms with Gasteiger partial charge in [0.15, 0.2) is 0 Å². The summed E-state index contributed by atoms with van der Waals surface area (Å²) in [6.45, 7) is -0.528. The standard InChI is InChI=1S/C11H16F2O2/c12-10(13)7-15-9-6-8(14)11(9)4-2-1-3-5-11/h9-10H,1-7H2. The van der Waals surface area contributed by atoms with Gasteiger partial charge in [-0.25, -0.2) is 8.78 Å². The van der Waals surface area contributed by atoms with E-state index in [1.54, 1.807) is 0 Å². The maximum Gasteiger partial charge on any atom is 0.261 e. The average Bonchev–Trinajstić information content (AvgIpc) is 2.25. The van der Waals surface area contributed by atoms with Crippen LogP contribution in [0.15, 0.2) is 0 Å². The highest BCUT2D eigenvalue weighted by atomic mass is 19.3. The first kappa shape index (κ1) is 11.0. The van der Waals surface area contributed by atoms with Crippen LogP contribution in [0.25, 0.3) is 0 Å². The number of rotatable bonds is 3. The van der Waals surface area contributed by atoms with Gasteiger partial charge in [0.1, 0.15) is 12.4 Å². The molecule has 2 fully saturated rings. The van der Waals surface area contributed by atoms with Gasteiger partial charge in [-0.3, -0.25) is 4.79 Å². The summed E-state index contributed by atoms with van der Waals surface area (Å²) in [4.78, 5) is 11.6. The van der Waals surface area contributed by atoms with Crippen LogP contribution in [0.5, 0.6) is 0 Å². The Morgan fingerprint density at radius 2 is 2.00 bits per heavy atom. The summed E-state index contributed by atoms with van der Waals surface area (Å²) in [5.74, 6) is 0.224. The van der Waals surface area contributed by atoms with Crippen LogP contribution in [0.2, 0.25) is 0 Å². The molecule has 0 aromatic heterocycles. The highest BCUT2D eigenvalue weighted by molar-refractivity contribution is 5.92. The minimum Gasteiger partial charge on any atom is -0.371 e. The topological polar surface area (TPSA) is 26.3 Å². The van der Waals surface area contributed by atoms with Gasteiger partial charge in [-0.1, -0.05) is 19.3 Å². The molecule has 0 aromatic carbocycles. The van der Waals surface area contributed by atoms with Crippen LogP contribution in [-0.4, -0.2) is 24.9 Å². The van der Waals surface area contributed by atoms with Crippen molar-refractivity contribution in [2.24, 2.45) is 5.41 Å². The average molecular weight is 218 g/mol. The molecule has 2 nitrogen and oxygen atoms in total. The maximum absolute atomic E-state index is 12.0. The van der Waals surface area contributed by atoms with Gasteiger partial charge >= 0.3 is 0 Å². The van der Waals surface area contributed by atoms with Gasteiger partial charge in [0.05, 0.1) is 11.5 Å². The molecule has 2 rings (SSSR count). The molecule has 0 saturated heterocycles. The monoisotopic (exact) mass is 218 g/mol. The van der Waals surface area contributed by atoms with Crippen molar-refractivity contribution < 1.29 is 18.3 Å². The van der Waals surface area contributed by atoms with Crippen molar-refractivity contribution in [3.05, 3.63) is 0 Å². The number of ketones is 1. The smallest absolute Gasteiger partial charge is 0.261 e. The molecular weight excluding hydrogens is 202 g/mol. The second-order valence-electron chi connectivity index (χ2n) is 4.56. The third kappa shape index (κ3) is 1.92. The van der Waals surface area contributed by atoms with Crippen LogP contribution in [0.3, 0.4) is 0 Å². The number of carbonyl (C=O) groups is 1. The van der Waals surface area contributed by atoms with Crippen molar-refractivity contribution in [3.8, 4) is 0 Å². The Bertz CT molecular complexity index is 247. The number of hydrogen-bond donors (Lipinski definition) is 0. The first-order valence-electron chi connectivity index (χ1n) is 5.58. The van der Waals surface area contributed by atoms with E-state index in [0.717, 1.165) is 32.1 Å². The third-order valence-corrected chi connectivity index (χ3v) is 3.71. The summed E-state index contributed by atoms with van der Waals surface area (Å²) in [6, 6.07) is 0. The predicted molar refractivity (Wildman–Crippen MR) is 50.9 cm³/mol. The summed E-state index contributed by atoms with van der Waals surface area (Å²) in [6.07, 6.45) is 2.55. The van der Waals surface area contributed by atoms with Crippen molar-refractivity contribution in [2.45, 2.75) is 51.1 Å². The second-order valence-corrected chi connectivity index (χ2v) is 4.56. The van der Waals surface area contributed by atoms with E-state index in [1.807, 2.05) is 0 Å². The highest BCUT2D eigenvalue weighted by Crippen LogP contribution is 2.50. The van der Waals surface area contributed by atoms with Crippen LogP contribution in [0.4, 0.5) is 8.78 Å². The molecule has 4 heteroatoms. The number of ether oxygens (including phenoxy) is 1. The van der Waals surface area contributed by atoms with E-state index in [9.17, 15) is 13.6 Å². The van der Waals surface area contributed by atoms with Crippen molar-refractivity contribution in [3.63, 3.8) is 0 Å². The van der Waals surface area contributed by atoms with Gasteiger partial charge in [-0.05, 0) is 12.8 Å². The van der Waals surface area contributed by atoms with E-state index in [2.05, 4.69) is 0 Å². The maximum atomic E-state index is 12.0. The molecule has 0 aliphatic heterocycles. The molecule has 2 saturated carbocycles. The van der Waals surface area contributed by atoms with Gasteiger partial charge < -0.3 is 4.74 Å². The molecule has 2 aliphatic rings. The molecule has 0 bridgehead atoms. The first-order valence-corrected chi connectivity index (χ1v) is 5.58. The zero-order valence-electron chi connectivity index (χ0n) is 8.68. The quantitative estimate of drug-likeness (QED) is 0.727. The zero-order valence-corrected chi connectivity index (χ0v) is 8.68. The van der Waals surface area contributed by atoms with E-state index >= 15 is 0 Å². The Morgan fingerprint density at radius 1 is 1.33 bits per heavy atom. The minimum absolute atomic E-state index is 0.224. The summed E-state index contributed by atoms with van der Waals surface area (Å²) in [5, 5.41) is 0. The van der Waals surface area contributed by atoms with Crippen molar-refractivity contribution in [1.29, 1.82) is 0 Å². The van der Waals surface area contributed by atoms with Crippen molar-refractivity contribution in [1.82, 2.24) is 0 Å². The summed E-state index contributed by atoms with van der Waals surface area (Å²) in [5.41, 5.74) is -0.382. The number of hydrogen-bond acceptors (Lipinski definition) is 2. The van der Waals surface area contributed by atoms with Gasteiger partial charge in [0.25, 0.3) is 6.43 Å². The summed E-state index contributed by atoms with van der Waals surface area (Å²) < 4.78 is 29.1. The molecular formula is C11H16F2O2. The van der Waals surface area contributed by atoms with Gasteiger partial charge in [-0.15, -0.1) is 0 Å². The van der Waals surface area contributed by atoms with Crippen molar-refractivity contribution >= 4 is 5.78 Å². The molecule has 2 aliphatic carbocycles. The fourth-order valence-electron chi connectivity index (χ4n) is 2.81. The number of halogens is 2. The summed E-state index contributed by atoms with van der Waals surface area (Å²) in [7, 11) is 0. The molecule has 0 N–H and O–H groups in total. The lowest BCUT2D eigenvalue weighted by Gasteiger charge is -2.49. The van der Waals surface area contributed by atoms with Gasteiger partial charge in [0.2, 0.25) is 0 Å². The zero-order chi connectivity index (χ0) is 10.9. The molecule has 15 heavy (non-hydrogen) atoms. The Kier molecular flexibility index (Phi) is 3.05. The molecule has 1 unspecified atom stereocenters. The molecule has 0 aromatic rings. The molecule has 0 heterocycles. The molecule has 0 amide bonds. The Labute approximate surface area is 88.0 Å². The number of alkyl halides is 2. The Morgan fingerprint density at radius 3 is 2.53 bits per heavy atom. The van der Waals surface area contributed by atoms with Crippen LogP contribution in [-0.2, 0) is 9.53 Å². The van der Waals surface area contributed by atoms with Crippen LogP contribution < -0.4 is 0 Å². The Hall–Kier alpha value is -0.510. The fraction of sp³-hybridized carbons (Fsp3) is 0.909. The van der Waals surface area contributed by atoms with Crippen LogP contribution in [0, 0.1) is 5.41 Å². The van der Waals surface area contributed by atoms with E-state index in [4.69, 9.17) is 4.74 Å². The minimum atomic E-state index is -2.43. The van der Waals surface area contributed by atoms with E-state index in [1.165, 1.54) is 0 Å². The number of Topliss-reactive ketones (excluding diaryl/α,β-unsaturated/α-hetero) is 1. The fourth-order valence-corrected chi connectivity index (χ4v) is 2.81. The van der Waals surface area contributed by atoms with E-state index < -0.39 is 13.0 Å². The highest BCUT2D eigenvalue weighted by Gasteiger charge is 2.55. The largest absolute Gasteiger partial charge is 0.371 e. The van der Waals surface area contributed by atoms with E-state index in [0.29, 0.717) is 6.42 Å². The molecule has 0 radical (unpaired) electrons. The van der Waals surface area contributed by atoms with Crippen LogP contribution in [0.1, 0.15) is 38.5 Å². The lowest BCUT2D eigenvalue weighted by Crippen LogP contribution is -2.56. The molecule has 86 valence electrons.